The highest BCUT2D eigenvalue weighted by atomic mass is 16.4. The summed E-state index contributed by atoms with van der Waals surface area (Å²) < 4.78 is 0. The third-order valence-corrected chi connectivity index (χ3v) is 3.80. The molecule has 5 heteroatoms. The number of benzene rings is 1. The number of carboxylic acid groups (broad SMARTS) is 1. The molecule has 0 saturated heterocycles. The van der Waals surface area contributed by atoms with Gasteiger partial charge in [-0.3, -0.25) is 4.79 Å². The molecule has 1 aliphatic carbocycles. The van der Waals surface area contributed by atoms with Crippen LogP contribution in [0, 0.1) is 5.92 Å². The maximum absolute atomic E-state index is 12.1. The molecular weight excluding hydrogens is 258 g/mol. The maximum atomic E-state index is 12.1. The maximum Gasteiger partial charge on any atom is 0.326 e. The van der Waals surface area contributed by atoms with Crippen molar-refractivity contribution in [2.45, 2.75) is 38.1 Å². The normalized spacial score (nSPS) is 17.4. The Hall–Kier alpha value is -2.04. The molecule has 1 aromatic carbocycles. The van der Waals surface area contributed by atoms with Crippen LogP contribution >= 0.6 is 0 Å². The van der Waals surface area contributed by atoms with E-state index in [1.54, 1.807) is 0 Å². The highest BCUT2D eigenvalue weighted by Gasteiger charge is 2.30. The van der Waals surface area contributed by atoms with Gasteiger partial charge in [0, 0.05) is 5.56 Å². The minimum Gasteiger partial charge on any atom is -0.508 e. The van der Waals surface area contributed by atoms with Crippen molar-refractivity contribution >= 4 is 11.9 Å². The Morgan fingerprint density at radius 1 is 1.10 bits per heavy atom. The predicted molar refractivity (Wildman–Crippen MR) is 73.6 cm³/mol. The molecule has 1 fully saturated rings. The number of carbonyl (C=O) groups is 2. The van der Waals surface area contributed by atoms with Gasteiger partial charge in [-0.2, -0.15) is 0 Å². The van der Waals surface area contributed by atoms with E-state index in [0.29, 0.717) is 5.56 Å². The molecule has 0 aliphatic heterocycles. The summed E-state index contributed by atoms with van der Waals surface area (Å²) in [6.45, 7) is 0. The summed E-state index contributed by atoms with van der Waals surface area (Å²) in [5.41, 5.74) is 0.352. The average Bonchev–Trinajstić information content (AvgIpc) is 2.46. The summed E-state index contributed by atoms with van der Waals surface area (Å²) in [4.78, 5) is 23.4. The summed E-state index contributed by atoms with van der Waals surface area (Å²) in [5, 5.41) is 21.1. The highest BCUT2D eigenvalue weighted by Crippen LogP contribution is 2.26. The first kappa shape index (κ1) is 14.4. The summed E-state index contributed by atoms with van der Waals surface area (Å²) in [6.07, 6.45) is 4.85. The first-order chi connectivity index (χ1) is 9.58. The lowest BCUT2D eigenvalue weighted by atomic mass is 9.84. The zero-order chi connectivity index (χ0) is 14.5. The summed E-state index contributed by atoms with van der Waals surface area (Å²) >= 11 is 0. The fraction of sp³-hybridized carbons (Fsp3) is 0.467. The van der Waals surface area contributed by atoms with E-state index in [2.05, 4.69) is 5.32 Å². The van der Waals surface area contributed by atoms with E-state index in [-0.39, 0.29) is 11.7 Å². The number of rotatable bonds is 4. The Labute approximate surface area is 117 Å². The molecular formula is C15H19NO4. The van der Waals surface area contributed by atoms with Gasteiger partial charge in [-0.1, -0.05) is 19.3 Å². The third-order valence-electron chi connectivity index (χ3n) is 3.80. The molecule has 1 unspecified atom stereocenters. The number of phenolic OH excluding ortho intramolecular Hbond substituents is 1. The number of hydrogen-bond donors (Lipinski definition) is 3. The van der Waals surface area contributed by atoms with Crippen molar-refractivity contribution in [1.29, 1.82) is 0 Å². The number of nitrogens with one attached hydrogen (secondary N) is 1. The molecule has 1 amide bonds. The van der Waals surface area contributed by atoms with Gasteiger partial charge < -0.3 is 15.5 Å². The Kier molecular flexibility index (Phi) is 4.61. The summed E-state index contributed by atoms with van der Waals surface area (Å²) in [5.74, 6) is -1.32. The fourth-order valence-electron chi connectivity index (χ4n) is 2.69. The molecule has 108 valence electrons. The monoisotopic (exact) mass is 277 g/mol. The number of carboxylic acids is 1. The van der Waals surface area contributed by atoms with Crippen LogP contribution in [0.25, 0.3) is 0 Å². The highest BCUT2D eigenvalue weighted by molar-refractivity contribution is 5.96. The summed E-state index contributed by atoms with van der Waals surface area (Å²) in [7, 11) is 0. The van der Waals surface area contributed by atoms with Crippen molar-refractivity contribution in [3.05, 3.63) is 29.8 Å². The van der Waals surface area contributed by atoms with E-state index >= 15 is 0 Å². The molecule has 0 bridgehead atoms. The molecule has 1 aromatic rings. The van der Waals surface area contributed by atoms with E-state index < -0.39 is 17.9 Å². The van der Waals surface area contributed by atoms with Gasteiger partial charge in [0.05, 0.1) is 0 Å². The van der Waals surface area contributed by atoms with Gasteiger partial charge >= 0.3 is 5.97 Å². The zero-order valence-corrected chi connectivity index (χ0v) is 11.2. The van der Waals surface area contributed by atoms with Gasteiger partial charge in [0.15, 0.2) is 0 Å². The minimum absolute atomic E-state index is 0.00214. The second-order valence-electron chi connectivity index (χ2n) is 5.23. The second-order valence-corrected chi connectivity index (χ2v) is 5.23. The van der Waals surface area contributed by atoms with E-state index in [0.717, 1.165) is 32.1 Å². The molecule has 2 rings (SSSR count). The van der Waals surface area contributed by atoms with Crippen LogP contribution in [0.5, 0.6) is 5.75 Å². The average molecular weight is 277 g/mol. The van der Waals surface area contributed by atoms with Crippen molar-refractivity contribution < 1.29 is 19.8 Å². The predicted octanol–water partition coefficient (Wildman–Crippen LogP) is 2.16. The van der Waals surface area contributed by atoms with Crippen molar-refractivity contribution in [1.82, 2.24) is 5.32 Å². The number of aliphatic carboxylic acids is 1. The number of hydrogen-bond acceptors (Lipinski definition) is 3. The molecule has 3 N–H and O–H groups in total. The number of aromatic hydroxyl groups is 1. The van der Waals surface area contributed by atoms with Gasteiger partial charge in [-0.05, 0) is 43.0 Å². The minimum atomic E-state index is -0.982. The Morgan fingerprint density at radius 3 is 2.25 bits per heavy atom. The third kappa shape index (κ3) is 3.50. The van der Waals surface area contributed by atoms with Crippen LogP contribution in [-0.2, 0) is 4.79 Å². The molecule has 1 aliphatic rings. The van der Waals surface area contributed by atoms with Crippen LogP contribution in [0.3, 0.4) is 0 Å². The van der Waals surface area contributed by atoms with Gasteiger partial charge in [-0.25, -0.2) is 4.79 Å². The lowest BCUT2D eigenvalue weighted by Crippen LogP contribution is -2.46. The Bertz CT molecular complexity index is 477. The van der Waals surface area contributed by atoms with Crippen molar-refractivity contribution in [3.8, 4) is 5.75 Å². The molecule has 0 radical (unpaired) electrons. The largest absolute Gasteiger partial charge is 0.508 e. The van der Waals surface area contributed by atoms with E-state index in [1.807, 2.05) is 0 Å². The number of amides is 1. The molecule has 1 atom stereocenters. The van der Waals surface area contributed by atoms with Crippen LogP contribution < -0.4 is 5.32 Å². The fourth-order valence-corrected chi connectivity index (χ4v) is 2.69. The smallest absolute Gasteiger partial charge is 0.326 e. The van der Waals surface area contributed by atoms with Crippen LogP contribution in [0.2, 0.25) is 0 Å². The first-order valence-corrected chi connectivity index (χ1v) is 6.90. The van der Waals surface area contributed by atoms with E-state index in [4.69, 9.17) is 0 Å². The van der Waals surface area contributed by atoms with E-state index in [9.17, 15) is 19.8 Å². The van der Waals surface area contributed by atoms with Gasteiger partial charge in [0.1, 0.15) is 11.8 Å². The van der Waals surface area contributed by atoms with Crippen molar-refractivity contribution in [2.75, 3.05) is 0 Å². The quantitative estimate of drug-likeness (QED) is 0.787. The lowest BCUT2D eigenvalue weighted by Gasteiger charge is -2.28. The Balaban J connectivity index is 2.05. The van der Waals surface area contributed by atoms with Crippen molar-refractivity contribution in [2.24, 2.45) is 5.92 Å². The van der Waals surface area contributed by atoms with E-state index in [1.165, 1.54) is 24.3 Å². The topological polar surface area (TPSA) is 86.6 Å². The van der Waals surface area contributed by atoms with Crippen molar-refractivity contribution in [3.63, 3.8) is 0 Å². The standard InChI is InChI=1S/C15H19NO4/c17-12-8-6-11(7-9-12)14(18)16-13(15(19)20)10-4-2-1-3-5-10/h6-10,13,17H,1-5H2,(H,16,18)(H,19,20). The van der Waals surface area contributed by atoms with Crippen LogP contribution in [0.1, 0.15) is 42.5 Å². The van der Waals surface area contributed by atoms with Gasteiger partial charge in [0.25, 0.3) is 5.91 Å². The molecule has 20 heavy (non-hydrogen) atoms. The number of phenols is 1. The first-order valence-electron chi connectivity index (χ1n) is 6.90. The number of carbonyl (C=O) groups excluding carboxylic acids is 1. The molecule has 0 aromatic heterocycles. The molecule has 0 spiro atoms. The van der Waals surface area contributed by atoms with Crippen LogP contribution in [-0.4, -0.2) is 28.1 Å². The molecule has 1 saturated carbocycles. The molecule has 5 nitrogen and oxygen atoms in total. The molecule has 0 heterocycles. The zero-order valence-electron chi connectivity index (χ0n) is 11.2. The van der Waals surface area contributed by atoms with Gasteiger partial charge in [0.2, 0.25) is 0 Å². The Morgan fingerprint density at radius 2 is 1.70 bits per heavy atom. The summed E-state index contributed by atoms with van der Waals surface area (Å²) in [6, 6.07) is 4.93. The lowest BCUT2D eigenvalue weighted by molar-refractivity contribution is -0.141. The van der Waals surface area contributed by atoms with Crippen LogP contribution in [0.4, 0.5) is 0 Å². The SMILES string of the molecule is O=C(NC(C(=O)O)C1CCCCC1)c1ccc(O)cc1. The van der Waals surface area contributed by atoms with Gasteiger partial charge in [-0.15, -0.1) is 0 Å². The second kappa shape index (κ2) is 6.41. The van der Waals surface area contributed by atoms with Crippen LogP contribution in [0.15, 0.2) is 24.3 Å².